The Morgan fingerprint density at radius 3 is 2.13 bits per heavy atom. The molecule has 2 aromatic rings. The maximum atomic E-state index is 12.8. The molecule has 0 spiro atoms. The van der Waals surface area contributed by atoms with Crippen molar-refractivity contribution in [1.29, 1.82) is 0 Å². The SMILES string of the molecule is NC1CCCN(C(=O)CC(c2ccccc2)c2ccccc2)C1. The van der Waals surface area contributed by atoms with Crippen LogP contribution in [0.1, 0.15) is 36.3 Å². The van der Waals surface area contributed by atoms with Crippen LogP contribution in [0, 0.1) is 0 Å². The summed E-state index contributed by atoms with van der Waals surface area (Å²) in [4.78, 5) is 14.7. The molecule has 0 saturated carbocycles. The molecule has 0 radical (unpaired) electrons. The quantitative estimate of drug-likeness (QED) is 0.943. The minimum absolute atomic E-state index is 0.100. The van der Waals surface area contributed by atoms with Crippen molar-refractivity contribution >= 4 is 5.91 Å². The molecule has 0 bridgehead atoms. The first-order chi connectivity index (χ1) is 11.2. The molecule has 1 saturated heterocycles. The van der Waals surface area contributed by atoms with Gasteiger partial charge in [0.1, 0.15) is 0 Å². The van der Waals surface area contributed by atoms with Crippen molar-refractivity contribution < 1.29 is 4.79 Å². The fraction of sp³-hybridized carbons (Fsp3) is 0.350. The summed E-state index contributed by atoms with van der Waals surface area (Å²) in [6, 6.07) is 20.7. The van der Waals surface area contributed by atoms with Gasteiger partial charge >= 0.3 is 0 Å². The molecule has 2 N–H and O–H groups in total. The molecule has 2 aromatic carbocycles. The summed E-state index contributed by atoms with van der Waals surface area (Å²) in [6.45, 7) is 1.53. The van der Waals surface area contributed by atoms with Crippen LogP contribution in [0.3, 0.4) is 0 Å². The zero-order valence-corrected chi connectivity index (χ0v) is 13.4. The van der Waals surface area contributed by atoms with Gasteiger partial charge in [-0.25, -0.2) is 0 Å². The zero-order valence-electron chi connectivity index (χ0n) is 13.4. The fourth-order valence-electron chi connectivity index (χ4n) is 3.34. The number of carbonyl (C=O) groups is 1. The smallest absolute Gasteiger partial charge is 0.223 e. The highest BCUT2D eigenvalue weighted by Gasteiger charge is 2.25. The molecule has 0 aliphatic carbocycles. The number of likely N-dealkylation sites (tertiary alicyclic amines) is 1. The molecule has 120 valence electrons. The van der Waals surface area contributed by atoms with Gasteiger partial charge in [-0.05, 0) is 24.0 Å². The van der Waals surface area contributed by atoms with Crippen molar-refractivity contribution in [3.8, 4) is 0 Å². The van der Waals surface area contributed by atoms with Crippen molar-refractivity contribution in [2.45, 2.75) is 31.2 Å². The highest BCUT2D eigenvalue weighted by molar-refractivity contribution is 5.78. The second-order valence-corrected chi connectivity index (χ2v) is 6.32. The summed E-state index contributed by atoms with van der Waals surface area (Å²) in [5, 5.41) is 0. The van der Waals surface area contributed by atoms with E-state index in [2.05, 4.69) is 24.3 Å². The Balaban J connectivity index is 1.80. The third-order valence-corrected chi connectivity index (χ3v) is 4.59. The molecule has 3 nitrogen and oxygen atoms in total. The summed E-state index contributed by atoms with van der Waals surface area (Å²) in [7, 11) is 0. The van der Waals surface area contributed by atoms with Gasteiger partial charge in [-0.15, -0.1) is 0 Å². The maximum absolute atomic E-state index is 12.8. The van der Waals surface area contributed by atoms with Crippen molar-refractivity contribution in [3.05, 3.63) is 71.8 Å². The summed E-state index contributed by atoms with van der Waals surface area (Å²) >= 11 is 0. The van der Waals surface area contributed by atoms with E-state index in [1.54, 1.807) is 0 Å². The molecule has 1 heterocycles. The van der Waals surface area contributed by atoms with Gasteiger partial charge in [-0.1, -0.05) is 60.7 Å². The number of rotatable bonds is 4. The van der Waals surface area contributed by atoms with E-state index in [1.165, 1.54) is 11.1 Å². The van der Waals surface area contributed by atoms with Crippen LogP contribution >= 0.6 is 0 Å². The molecule has 1 atom stereocenters. The summed E-state index contributed by atoms with van der Waals surface area (Å²) in [6.07, 6.45) is 2.53. The molecular weight excluding hydrogens is 284 g/mol. The topological polar surface area (TPSA) is 46.3 Å². The van der Waals surface area contributed by atoms with E-state index in [0.717, 1.165) is 19.4 Å². The van der Waals surface area contributed by atoms with E-state index in [-0.39, 0.29) is 17.9 Å². The lowest BCUT2D eigenvalue weighted by Gasteiger charge is -2.32. The van der Waals surface area contributed by atoms with Gasteiger partial charge < -0.3 is 10.6 Å². The van der Waals surface area contributed by atoms with Crippen molar-refractivity contribution in [2.75, 3.05) is 13.1 Å². The highest BCUT2D eigenvalue weighted by Crippen LogP contribution is 2.29. The van der Waals surface area contributed by atoms with E-state index < -0.39 is 0 Å². The predicted molar refractivity (Wildman–Crippen MR) is 93.1 cm³/mol. The molecule has 1 fully saturated rings. The van der Waals surface area contributed by atoms with Crippen LogP contribution in [0.5, 0.6) is 0 Å². The predicted octanol–water partition coefficient (Wildman–Crippen LogP) is 3.16. The van der Waals surface area contributed by atoms with Crippen LogP contribution in [-0.4, -0.2) is 29.9 Å². The van der Waals surface area contributed by atoms with E-state index in [0.29, 0.717) is 13.0 Å². The lowest BCUT2D eigenvalue weighted by atomic mass is 9.88. The standard InChI is InChI=1S/C20H24N2O/c21-18-12-7-13-22(15-18)20(23)14-19(16-8-3-1-4-9-16)17-10-5-2-6-11-17/h1-6,8-11,18-19H,7,12-15,21H2. The Labute approximate surface area is 138 Å². The van der Waals surface area contributed by atoms with E-state index in [1.807, 2.05) is 41.3 Å². The van der Waals surface area contributed by atoms with E-state index >= 15 is 0 Å². The van der Waals surface area contributed by atoms with Gasteiger partial charge in [0, 0.05) is 31.5 Å². The second kappa shape index (κ2) is 7.42. The molecule has 1 aliphatic rings. The Kier molecular flexibility index (Phi) is 5.09. The molecule has 1 unspecified atom stereocenters. The number of piperidine rings is 1. The minimum atomic E-state index is 0.100. The number of nitrogens with two attached hydrogens (primary N) is 1. The summed E-state index contributed by atoms with van der Waals surface area (Å²) < 4.78 is 0. The lowest BCUT2D eigenvalue weighted by molar-refractivity contribution is -0.132. The monoisotopic (exact) mass is 308 g/mol. The van der Waals surface area contributed by atoms with Gasteiger partial charge in [0.25, 0.3) is 0 Å². The van der Waals surface area contributed by atoms with E-state index in [9.17, 15) is 4.79 Å². The first-order valence-corrected chi connectivity index (χ1v) is 8.37. The molecule has 0 aromatic heterocycles. The molecule has 3 rings (SSSR count). The minimum Gasteiger partial charge on any atom is -0.341 e. The molecule has 1 aliphatic heterocycles. The van der Waals surface area contributed by atoms with Crippen LogP contribution in [-0.2, 0) is 4.79 Å². The number of carbonyl (C=O) groups excluding carboxylic acids is 1. The van der Waals surface area contributed by atoms with Crippen molar-refractivity contribution in [1.82, 2.24) is 4.90 Å². The average Bonchev–Trinajstić information content (AvgIpc) is 2.61. The maximum Gasteiger partial charge on any atom is 0.223 e. The number of benzene rings is 2. The van der Waals surface area contributed by atoms with Gasteiger partial charge in [0.15, 0.2) is 0 Å². The fourth-order valence-corrected chi connectivity index (χ4v) is 3.34. The zero-order chi connectivity index (χ0) is 16.1. The highest BCUT2D eigenvalue weighted by atomic mass is 16.2. The van der Waals surface area contributed by atoms with Crippen molar-refractivity contribution in [2.24, 2.45) is 5.73 Å². The number of hydrogen-bond donors (Lipinski definition) is 1. The normalized spacial score (nSPS) is 18.2. The number of amides is 1. The second-order valence-electron chi connectivity index (χ2n) is 6.32. The van der Waals surface area contributed by atoms with Crippen LogP contribution < -0.4 is 5.73 Å². The summed E-state index contributed by atoms with van der Waals surface area (Å²) in [5.74, 6) is 0.306. The number of nitrogens with zero attached hydrogens (tertiary/aromatic N) is 1. The van der Waals surface area contributed by atoms with Gasteiger partial charge in [-0.3, -0.25) is 4.79 Å². The van der Waals surface area contributed by atoms with Crippen LogP contribution in [0.25, 0.3) is 0 Å². The van der Waals surface area contributed by atoms with Gasteiger partial charge in [0.2, 0.25) is 5.91 Å². The summed E-state index contributed by atoms with van der Waals surface area (Å²) in [5.41, 5.74) is 8.40. The third kappa shape index (κ3) is 3.99. The Morgan fingerprint density at radius 2 is 1.61 bits per heavy atom. The van der Waals surface area contributed by atoms with E-state index in [4.69, 9.17) is 5.73 Å². The Hall–Kier alpha value is -2.13. The van der Waals surface area contributed by atoms with Gasteiger partial charge in [-0.2, -0.15) is 0 Å². The first-order valence-electron chi connectivity index (χ1n) is 8.37. The lowest BCUT2D eigenvalue weighted by Crippen LogP contribution is -2.46. The van der Waals surface area contributed by atoms with Crippen LogP contribution in [0.2, 0.25) is 0 Å². The van der Waals surface area contributed by atoms with Gasteiger partial charge in [0.05, 0.1) is 0 Å². The number of hydrogen-bond acceptors (Lipinski definition) is 2. The van der Waals surface area contributed by atoms with Crippen LogP contribution in [0.4, 0.5) is 0 Å². The van der Waals surface area contributed by atoms with Crippen molar-refractivity contribution in [3.63, 3.8) is 0 Å². The Bertz CT molecular complexity index is 587. The average molecular weight is 308 g/mol. The largest absolute Gasteiger partial charge is 0.341 e. The molecule has 3 heteroatoms. The molecule has 23 heavy (non-hydrogen) atoms. The molecular formula is C20H24N2O. The molecule has 1 amide bonds. The first kappa shape index (κ1) is 15.8. The third-order valence-electron chi connectivity index (χ3n) is 4.59. The van der Waals surface area contributed by atoms with Crippen LogP contribution in [0.15, 0.2) is 60.7 Å². The Morgan fingerprint density at radius 1 is 1.04 bits per heavy atom.